The molecule has 2 amide bonds. The van der Waals surface area contributed by atoms with E-state index in [1.165, 1.54) is 5.56 Å². The van der Waals surface area contributed by atoms with Gasteiger partial charge in [0.2, 0.25) is 0 Å². The summed E-state index contributed by atoms with van der Waals surface area (Å²) in [5.41, 5.74) is 2.25. The highest BCUT2D eigenvalue weighted by molar-refractivity contribution is 5.88. The Morgan fingerprint density at radius 3 is 2.67 bits per heavy atom. The summed E-state index contributed by atoms with van der Waals surface area (Å²) in [5.74, 6) is 1.47. The first-order chi connectivity index (χ1) is 13.1. The zero-order valence-electron chi connectivity index (χ0n) is 15.7. The molecule has 3 rings (SSSR count). The zero-order valence-corrected chi connectivity index (χ0v) is 15.7. The van der Waals surface area contributed by atoms with E-state index in [-0.39, 0.29) is 6.03 Å². The van der Waals surface area contributed by atoms with Crippen molar-refractivity contribution >= 4 is 11.8 Å². The second kappa shape index (κ2) is 9.05. The van der Waals surface area contributed by atoms with Crippen LogP contribution >= 0.6 is 0 Å². The van der Waals surface area contributed by atoms with E-state index in [0.29, 0.717) is 12.4 Å². The number of aryl methyl sites for hydroxylation is 1. The lowest BCUT2D eigenvalue weighted by atomic mass is 10.1. The predicted molar refractivity (Wildman–Crippen MR) is 104 cm³/mol. The number of aromatic nitrogens is 2. The summed E-state index contributed by atoms with van der Waals surface area (Å²) in [7, 11) is 2.05. The number of hydrogen-bond acceptors (Lipinski definition) is 4. The molecule has 0 fully saturated rings. The van der Waals surface area contributed by atoms with Gasteiger partial charge in [0.25, 0.3) is 0 Å². The third-order valence-electron chi connectivity index (χ3n) is 4.21. The van der Waals surface area contributed by atoms with Crippen LogP contribution < -0.4 is 10.6 Å². The molecule has 0 aliphatic heterocycles. The van der Waals surface area contributed by atoms with Crippen LogP contribution in [-0.2, 0) is 26.2 Å². The maximum atomic E-state index is 12.1. The first kappa shape index (κ1) is 18.7. The van der Waals surface area contributed by atoms with Crippen molar-refractivity contribution in [2.24, 2.45) is 0 Å². The van der Waals surface area contributed by atoms with Gasteiger partial charge in [-0.2, -0.15) is 5.10 Å². The molecular weight excluding hydrogens is 342 g/mol. The van der Waals surface area contributed by atoms with Crippen LogP contribution in [0.15, 0.2) is 59.3 Å². The first-order valence-corrected chi connectivity index (χ1v) is 9.00. The molecule has 2 aromatic heterocycles. The molecule has 2 N–H and O–H groups in total. The highest BCUT2D eigenvalue weighted by Gasteiger charge is 2.09. The summed E-state index contributed by atoms with van der Waals surface area (Å²) in [6.45, 7) is 4.71. The van der Waals surface area contributed by atoms with Crippen LogP contribution in [0.3, 0.4) is 0 Å². The van der Waals surface area contributed by atoms with Gasteiger partial charge in [-0.25, -0.2) is 4.79 Å². The molecule has 142 valence electrons. The molecule has 27 heavy (non-hydrogen) atoms. The lowest BCUT2D eigenvalue weighted by Gasteiger charge is -2.18. The van der Waals surface area contributed by atoms with Gasteiger partial charge in [0.15, 0.2) is 5.82 Å². The largest absolute Gasteiger partial charge is 0.468 e. The highest BCUT2D eigenvalue weighted by atomic mass is 16.3. The van der Waals surface area contributed by atoms with E-state index in [9.17, 15) is 4.79 Å². The normalized spacial score (nSPS) is 10.9. The third-order valence-corrected chi connectivity index (χ3v) is 4.21. The Morgan fingerprint density at radius 2 is 1.96 bits per heavy atom. The molecule has 0 atom stereocenters. The molecule has 7 nitrogen and oxygen atoms in total. The Morgan fingerprint density at radius 1 is 1.15 bits per heavy atom. The van der Waals surface area contributed by atoms with Crippen molar-refractivity contribution in [3.05, 3.63) is 71.8 Å². The van der Waals surface area contributed by atoms with Gasteiger partial charge < -0.3 is 9.73 Å². The Labute approximate surface area is 159 Å². The second-order valence-corrected chi connectivity index (χ2v) is 6.38. The van der Waals surface area contributed by atoms with Crippen LogP contribution in [0.5, 0.6) is 0 Å². The van der Waals surface area contributed by atoms with E-state index < -0.39 is 0 Å². The number of nitrogens with zero attached hydrogens (tertiary/aromatic N) is 3. The molecule has 0 spiro atoms. The van der Waals surface area contributed by atoms with E-state index in [1.54, 1.807) is 17.0 Å². The summed E-state index contributed by atoms with van der Waals surface area (Å²) in [5, 5.41) is 9.89. The number of carbonyl (C=O) groups excluding carboxylic acids is 1. The van der Waals surface area contributed by atoms with Gasteiger partial charge in [-0.15, -0.1) is 0 Å². The van der Waals surface area contributed by atoms with Gasteiger partial charge in [-0.3, -0.25) is 14.9 Å². The van der Waals surface area contributed by atoms with Crippen molar-refractivity contribution in [2.75, 3.05) is 12.4 Å². The maximum absolute atomic E-state index is 12.1. The van der Waals surface area contributed by atoms with Gasteiger partial charge in [0.05, 0.1) is 12.8 Å². The Bertz CT molecular complexity index is 857. The third kappa shape index (κ3) is 5.46. The molecular formula is C20H25N5O2. The lowest BCUT2D eigenvalue weighted by molar-refractivity contribution is 0.251. The van der Waals surface area contributed by atoms with E-state index >= 15 is 0 Å². The molecule has 0 aliphatic carbocycles. The molecule has 7 heteroatoms. The van der Waals surface area contributed by atoms with Crippen LogP contribution in [0.25, 0.3) is 0 Å². The smallest absolute Gasteiger partial charge is 0.320 e. The molecule has 0 unspecified atom stereocenters. The van der Waals surface area contributed by atoms with Crippen molar-refractivity contribution in [1.29, 1.82) is 0 Å². The van der Waals surface area contributed by atoms with Crippen molar-refractivity contribution in [3.63, 3.8) is 0 Å². The van der Waals surface area contributed by atoms with Crippen LogP contribution in [0.4, 0.5) is 10.6 Å². The number of furan rings is 1. The van der Waals surface area contributed by atoms with E-state index in [0.717, 1.165) is 31.0 Å². The van der Waals surface area contributed by atoms with Crippen LogP contribution in [0.1, 0.15) is 23.8 Å². The number of hydrogen-bond donors (Lipinski definition) is 2. The van der Waals surface area contributed by atoms with E-state index in [1.807, 2.05) is 50.5 Å². The van der Waals surface area contributed by atoms with E-state index in [2.05, 4.69) is 26.7 Å². The Balaban J connectivity index is 1.54. The van der Waals surface area contributed by atoms with Gasteiger partial charge >= 0.3 is 6.03 Å². The monoisotopic (exact) mass is 367 g/mol. The van der Waals surface area contributed by atoms with Crippen molar-refractivity contribution in [3.8, 4) is 0 Å². The summed E-state index contributed by atoms with van der Waals surface area (Å²) in [6.07, 6.45) is 3.52. The minimum atomic E-state index is -0.268. The van der Waals surface area contributed by atoms with Gasteiger partial charge in [0.1, 0.15) is 5.76 Å². The Kier molecular flexibility index (Phi) is 6.27. The van der Waals surface area contributed by atoms with Gasteiger partial charge in [-0.05, 0) is 37.2 Å². The lowest BCUT2D eigenvalue weighted by Crippen LogP contribution is -2.29. The molecule has 3 aromatic rings. The molecule has 0 bridgehead atoms. The number of urea groups is 1. The molecule has 0 saturated heterocycles. The SMILES string of the molecule is CCn1ccc(NC(=O)NCc2ccccc2CN(C)Cc2ccco2)n1. The number of anilines is 1. The fourth-order valence-corrected chi connectivity index (χ4v) is 2.84. The number of rotatable bonds is 8. The number of carbonyl (C=O) groups is 1. The van der Waals surface area contributed by atoms with Crippen LogP contribution in [-0.4, -0.2) is 27.8 Å². The average molecular weight is 367 g/mol. The van der Waals surface area contributed by atoms with Crippen molar-refractivity contribution in [2.45, 2.75) is 33.1 Å². The minimum absolute atomic E-state index is 0.268. The summed E-state index contributed by atoms with van der Waals surface area (Å²) in [6, 6.07) is 13.5. The Hall–Kier alpha value is -3.06. The average Bonchev–Trinajstić information content (AvgIpc) is 3.32. The fraction of sp³-hybridized carbons (Fsp3) is 0.300. The summed E-state index contributed by atoms with van der Waals surface area (Å²) < 4.78 is 7.17. The maximum Gasteiger partial charge on any atom is 0.320 e. The fourth-order valence-electron chi connectivity index (χ4n) is 2.84. The summed E-state index contributed by atoms with van der Waals surface area (Å²) >= 11 is 0. The minimum Gasteiger partial charge on any atom is -0.468 e. The van der Waals surface area contributed by atoms with Crippen molar-refractivity contribution in [1.82, 2.24) is 20.0 Å². The standard InChI is InChI=1S/C20H25N5O2/c1-3-25-11-10-19(23-25)22-20(26)21-13-16-7-4-5-8-17(16)14-24(2)15-18-9-6-12-27-18/h4-12H,3,13-15H2,1-2H3,(H2,21,22,23,26). The number of nitrogens with one attached hydrogen (secondary N) is 2. The van der Waals surface area contributed by atoms with Gasteiger partial charge in [-0.1, -0.05) is 24.3 Å². The molecule has 0 saturated carbocycles. The van der Waals surface area contributed by atoms with E-state index in [4.69, 9.17) is 4.42 Å². The molecule has 0 aliphatic rings. The van der Waals surface area contributed by atoms with Crippen LogP contribution in [0, 0.1) is 0 Å². The quantitative estimate of drug-likeness (QED) is 0.639. The highest BCUT2D eigenvalue weighted by Crippen LogP contribution is 2.13. The number of benzene rings is 1. The molecule has 1 aromatic carbocycles. The van der Waals surface area contributed by atoms with Gasteiger partial charge in [0, 0.05) is 31.9 Å². The number of amides is 2. The summed E-state index contributed by atoms with van der Waals surface area (Å²) in [4.78, 5) is 14.3. The second-order valence-electron chi connectivity index (χ2n) is 6.38. The molecule has 0 radical (unpaired) electrons. The van der Waals surface area contributed by atoms with Crippen LogP contribution in [0.2, 0.25) is 0 Å². The van der Waals surface area contributed by atoms with Crippen molar-refractivity contribution < 1.29 is 9.21 Å². The predicted octanol–water partition coefficient (Wildman–Crippen LogP) is 3.45. The molecule has 2 heterocycles. The topological polar surface area (TPSA) is 75.3 Å². The zero-order chi connectivity index (χ0) is 19.1. The first-order valence-electron chi connectivity index (χ1n) is 9.00.